The highest BCUT2D eigenvalue weighted by Crippen LogP contribution is 2.51. The molecule has 4 heterocycles. The molecule has 0 saturated carbocycles. The lowest BCUT2D eigenvalue weighted by molar-refractivity contribution is 0.668. The largest absolute Gasteiger partial charge is 0.456 e. The van der Waals surface area contributed by atoms with E-state index in [1.807, 2.05) is 121 Å². The zero-order valence-corrected chi connectivity index (χ0v) is 55.6. The normalized spacial score (nSPS) is 13.2. The lowest BCUT2D eigenvalue weighted by atomic mass is 9.84. The number of benzene rings is 18. The third-order valence-electron chi connectivity index (χ3n) is 20.8. The molecule has 104 heavy (non-hydrogen) atoms. The van der Waals surface area contributed by atoms with Crippen LogP contribution in [0.3, 0.4) is 0 Å². The molecule has 22 aromatic rings. The van der Waals surface area contributed by atoms with E-state index in [0.717, 1.165) is 181 Å². The molecule has 0 amide bonds. The Morgan fingerprint density at radius 3 is 1.01 bits per heavy atom. The third kappa shape index (κ3) is 9.25. The second-order valence-corrected chi connectivity index (χ2v) is 26.4. The van der Waals surface area contributed by atoms with Crippen LogP contribution in [0.4, 0.5) is 0 Å². The van der Waals surface area contributed by atoms with Gasteiger partial charge in [-0.1, -0.05) is 303 Å². The summed E-state index contributed by atoms with van der Waals surface area (Å²) in [6, 6.07) is 102. The molecule has 4 nitrogen and oxygen atoms in total. The maximum absolute atomic E-state index is 8.97. The van der Waals surface area contributed by atoms with E-state index in [9.17, 15) is 0 Å². The maximum atomic E-state index is 8.97. The van der Waals surface area contributed by atoms with Gasteiger partial charge in [0.15, 0.2) is 0 Å². The molecule has 4 heteroatoms. The van der Waals surface area contributed by atoms with Gasteiger partial charge in [0.1, 0.15) is 33.5 Å². The van der Waals surface area contributed by atoms with E-state index in [0.29, 0.717) is 11.1 Å². The second-order valence-electron chi connectivity index (χ2n) is 26.4. The average molecular weight is 1330 g/mol. The van der Waals surface area contributed by atoms with Gasteiger partial charge in [-0.05, 0) is 171 Å². The Bertz CT molecular complexity index is 7670. The summed E-state index contributed by atoms with van der Waals surface area (Å²) in [6.07, 6.45) is 0. The lowest BCUT2D eigenvalue weighted by Gasteiger charge is -2.19. The zero-order valence-electron chi connectivity index (χ0n) is 65.6. The van der Waals surface area contributed by atoms with Gasteiger partial charge in [0.2, 0.25) is 0 Å². The van der Waals surface area contributed by atoms with Crippen molar-refractivity contribution in [3.8, 4) is 83.6 Å². The summed E-state index contributed by atoms with van der Waals surface area (Å²) < 4.78 is 108. The predicted octanol–water partition coefficient (Wildman–Crippen LogP) is 28.5. The topological polar surface area (TPSA) is 44.4 Å². The number of furan rings is 3. The highest BCUT2D eigenvalue weighted by atomic mass is 16.3. The minimum atomic E-state index is -0.410. The minimum absolute atomic E-state index is 0.191. The van der Waals surface area contributed by atoms with E-state index in [1.165, 1.54) is 10.8 Å². The van der Waals surface area contributed by atoms with Crippen LogP contribution in [-0.4, -0.2) is 4.57 Å². The third-order valence-corrected chi connectivity index (χ3v) is 20.8. The first kappa shape index (κ1) is 49.7. The number of rotatable bonds is 8. The molecule has 4 aromatic heterocycles. The van der Waals surface area contributed by atoms with Gasteiger partial charge in [-0.25, -0.2) is 0 Å². The fraction of sp³-hybridized carbons (Fsp3) is 0. The molecule has 0 aliphatic heterocycles. The summed E-state index contributed by atoms with van der Waals surface area (Å²) in [5.41, 5.74) is 19.8. The van der Waals surface area contributed by atoms with E-state index in [2.05, 4.69) is 193 Å². The summed E-state index contributed by atoms with van der Waals surface area (Å²) in [5.74, 6) is 0. The van der Waals surface area contributed by atoms with Crippen molar-refractivity contribution in [1.82, 2.24) is 4.57 Å². The van der Waals surface area contributed by atoms with E-state index in [-0.39, 0.29) is 59.5 Å². The number of hydrogen-bond donors (Lipinski definition) is 0. The Labute approximate surface area is 612 Å². The van der Waals surface area contributed by atoms with Gasteiger partial charge in [0.05, 0.1) is 30.4 Å². The van der Waals surface area contributed by atoms with Gasteiger partial charge in [0.25, 0.3) is 0 Å². The van der Waals surface area contributed by atoms with Crippen molar-refractivity contribution in [2.75, 3.05) is 0 Å². The van der Waals surface area contributed by atoms with Gasteiger partial charge in [0, 0.05) is 59.8 Å². The molecule has 0 spiro atoms. The number of fused-ring (bicyclic) bond motifs is 16. The summed E-state index contributed by atoms with van der Waals surface area (Å²) >= 11 is 0. The highest BCUT2D eigenvalue weighted by molar-refractivity contribution is 6.25. The Kier molecular flexibility index (Phi) is 11.4. The molecule has 0 unspecified atom stereocenters. The fourth-order valence-electron chi connectivity index (χ4n) is 16.6. The second kappa shape index (κ2) is 24.0. The van der Waals surface area contributed by atoms with E-state index < -0.39 is 12.1 Å². The Hall–Kier alpha value is -13.8. The monoisotopic (exact) mass is 1330 g/mol. The Balaban J connectivity index is 0.000000143. The molecular formula is C100H61NO3. The molecule has 0 bridgehead atoms. The van der Waals surface area contributed by atoms with Gasteiger partial charge >= 0.3 is 0 Å². The van der Waals surface area contributed by atoms with Gasteiger partial charge in [-0.2, -0.15) is 0 Å². The number of para-hydroxylation sites is 6. The fourth-order valence-corrected chi connectivity index (χ4v) is 16.6. The smallest absolute Gasteiger partial charge is 0.143 e. The summed E-state index contributed by atoms with van der Waals surface area (Å²) in [4.78, 5) is 0. The maximum Gasteiger partial charge on any atom is 0.143 e. The first-order valence-corrected chi connectivity index (χ1v) is 34.8. The molecule has 0 aliphatic rings. The Morgan fingerprint density at radius 1 is 0.212 bits per heavy atom. The van der Waals surface area contributed by atoms with Crippen LogP contribution in [0.5, 0.6) is 0 Å². The molecule has 0 atom stereocenters. The van der Waals surface area contributed by atoms with E-state index in [1.54, 1.807) is 0 Å². The molecule has 0 aliphatic carbocycles. The molecule has 22 rings (SSSR count). The summed E-state index contributed by atoms with van der Waals surface area (Å²) in [7, 11) is 0. The lowest BCUT2D eigenvalue weighted by Crippen LogP contribution is -1.98. The average Bonchev–Trinajstić information content (AvgIpc) is 0.906. The van der Waals surface area contributed by atoms with Crippen LogP contribution < -0.4 is 0 Å². The first-order valence-electron chi connectivity index (χ1n) is 39.8. The molecule has 0 saturated heterocycles. The van der Waals surface area contributed by atoms with Crippen LogP contribution in [0.15, 0.2) is 383 Å². The summed E-state index contributed by atoms with van der Waals surface area (Å²) in [5, 5.41) is 15.5. The highest BCUT2D eigenvalue weighted by Gasteiger charge is 2.26. The quantitative estimate of drug-likeness (QED) is 0.142. The molecule has 0 N–H and O–H groups in total. The molecule has 0 fully saturated rings. The SMILES string of the molecule is [2H]c1c([2H])c([2H])c(-c2c3ccccc3c(-c3cccc(-c4c(-c5cccc6c5oc5ccccc56)ccc5oc6ccccc6c45)c3)c3ccccc23)c([2H])c1[2H].[2H]c1c([2H])c([2H])c(-c2c3ccccc3c(-c3cccc(-c4c(-n5c6ccccc6c6ccccc65)ccc5oc6ccccc6c45)c3)c3ccccc23)c([2H])c1[2H]. The van der Waals surface area contributed by atoms with Crippen molar-refractivity contribution in [2.24, 2.45) is 0 Å². The predicted molar refractivity (Wildman–Crippen MR) is 437 cm³/mol. The van der Waals surface area contributed by atoms with Gasteiger partial charge in [-0.15, -0.1) is 0 Å². The standard InChI is InChI=1S/C50H31NO.C50H30O2/c1-2-15-32(16-3-1)47-37-21-4-6-23-39(37)48(40-24-7-5-22-38(40)47)33-17-14-18-34(31-33)49-44(29-30-46-50(49)41-25-10-13-28-45(41)52-46)51-42-26-11-8-19-35(42)36-20-9-12-27-43(36)51;1-2-14-31(15-3-1)46-35-19-4-6-21-37(35)47(38-22-7-5-20-36(38)46)32-16-12-17-33(30-32)48-39(28-29-45-49(48)42-23-9-11-27-44(42)51-45)41-25-13-24-40-34-18-8-10-26-43(34)52-50(40)41/h1-31H;1-30H/i1D,2D,3D,15D,16D;1D,2D,3D,14D,15D. The van der Waals surface area contributed by atoms with Crippen LogP contribution in [-0.2, 0) is 0 Å². The molecular weight excluding hydrogens is 1260 g/mol. The summed E-state index contributed by atoms with van der Waals surface area (Å²) in [6.45, 7) is 0. The molecule has 18 aromatic carbocycles. The van der Waals surface area contributed by atoms with Crippen molar-refractivity contribution in [2.45, 2.75) is 0 Å². The van der Waals surface area contributed by atoms with Crippen LogP contribution in [0, 0.1) is 0 Å². The van der Waals surface area contributed by atoms with Crippen molar-refractivity contribution >= 4 is 131 Å². The van der Waals surface area contributed by atoms with Gasteiger partial charge in [-0.3, -0.25) is 0 Å². The van der Waals surface area contributed by atoms with Crippen molar-refractivity contribution in [3.63, 3.8) is 0 Å². The van der Waals surface area contributed by atoms with Gasteiger partial charge < -0.3 is 17.8 Å². The van der Waals surface area contributed by atoms with E-state index in [4.69, 9.17) is 27.0 Å². The molecule has 0 radical (unpaired) electrons. The number of hydrogen-bond acceptors (Lipinski definition) is 3. The van der Waals surface area contributed by atoms with E-state index >= 15 is 0 Å². The van der Waals surface area contributed by atoms with Crippen molar-refractivity contribution in [1.29, 1.82) is 0 Å². The first-order chi connectivity index (χ1) is 55.8. The number of aromatic nitrogens is 1. The van der Waals surface area contributed by atoms with Crippen LogP contribution in [0.1, 0.15) is 13.7 Å². The van der Waals surface area contributed by atoms with Crippen molar-refractivity contribution < 1.29 is 27.0 Å². The van der Waals surface area contributed by atoms with Crippen molar-refractivity contribution in [3.05, 3.63) is 370 Å². The van der Waals surface area contributed by atoms with Crippen LogP contribution in [0.25, 0.3) is 214 Å². The number of nitrogens with zero attached hydrogens (tertiary/aromatic N) is 1. The van der Waals surface area contributed by atoms with Crippen LogP contribution in [0.2, 0.25) is 0 Å². The zero-order chi connectivity index (χ0) is 77.1. The van der Waals surface area contributed by atoms with Crippen LogP contribution >= 0.6 is 0 Å². The minimum Gasteiger partial charge on any atom is -0.456 e. The Morgan fingerprint density at radius 2 is 0.548 bits per heavy atom. The molecule has 484 valence electrons.